The Morgan fingerprint density at radius 2 is 2.00 bits per heavy atom. The molecule has 0 fully saturated rings. The third kappa shape index (κ3) is 5.76. The topological polar surface area (TPSA) is 58.2 Å². The first-order valence-electron chi connectivity index (χ1n) is 7.07. The first-order valence-corrected chi connectivity index (χ1v) is 8.81. The van der Waals surface area contributed by atoms with Crippen LogP contribution in [-0.2, 0) is 11.2 Å². The third-order valence-corrected chi connectivity index (χ3v) is 4.43. The van der Waals surface area contributed by atoms with Gasteiger partial charge < -0.3 is 10.6 Å². The first kappa shape index (κ1) is 17.6. The maximum atomic E-state index is 13.1. The smallest absolute Gasteiger partial charge is 0.252 e. The fraction of sp³-hybridized carbons (Fsp3) is 0.250. The molecule has 122 valence electrons. The molecule has 0 spiro atoms. The summed E-state index contributed by atoms with van der Waals surface area (Å²) in [5.41, 5.74) is 1.54. The normalized spacial score (nSPS) is 10.3. The molecular formula is C16H16BrFN2O2S. The van der Waals surface area contributed by atoms with Gasteiger partial charge in [0.1, 0.15) is 5.82 Å². The minimum Gasteiger partial charge on any atom is -0.356 e. The van der Waals surface area contributed by atoms with Gasteiger partial charge in [0.15, 0.2) is 0 Å². The molecule has 2 aromatic rings. The van der Waals surface area contributed by atoms with Crippen LogP contribution in [0.4, 0.5) is 4.39 Å². The van der Waals surface area contributed by atoms with Crippen molar-refractivity contribution in [2.24, 2.45) is 0 Å². The number of hydrogen-bond acceptors (Lipinski definition) is 3. The highest BCUT2D eigenvalue weighted by Crippen LogP contribution is 2.16. The van der Waals surface area contributed by atoms with Crippen molar-refractivity contribution >= 4 is 39.1 Å². The Bertz CT molecular complexity index is 677. The third-order valence-electron chi connectivity index (χ3n) is 3.14. The summed E-state index contributed by atoms with van der Waals surface area (Å²) in [5, 5.41) is 9.06. The number of rotatable bonds is 7. The lowest BCUT2D eigenvalue weighted by Crippen LogP contribution is -2.31. The molecule has 0 radical (unpaired) electrons. The molecule has 0 aliphatic heterocycles. The van der Waals surface area contributed by atoms with Crippen LogP contribution in [-0.4, -0.2) is 24.9 Å². The lowest BCUT2D eigenvalue weighted by molar-refractivity contribution is -0.120. The molecule has 7 heteroatoms. The van der Waals surface area contributed by atoms with Gasteiger partial charge in [-0.15, -0.1) is 0 Å². The fourth-order valence-corrected chi connectivity index (χ4v) is 2.98. The van der Waals surface area contributed by atoms with Gasteiger partial charge in [-0.3, -0.25) is 9.59 Å². The molecule has 2 amide bonds. The van der Waals surface area contributed by atoms with Crippen LogP contribution < -0.4 is 10.6 Å². The van der Waals surface area contributed by atoms with Crippen LogP contribution in [0.15, 0.2) is 39.5 Å². The van der Waals surface area contributed by atoms with Crippen LogP contribution in [0.2, 0.25) is 0 Å². The second-order valence-corrected chi connectivity index (χ2v) is 6.50. The van der Waals surface area contributed by atoms with Crippen molar-refractivity contribution in [2.45, 2.75) is 12.8 Å². The van der Waals surface area contributed by atoms with E-state index in [-0.39, 0.29) is 24.1 Å². The van der Waals surface area contributed by atoms with Gasteiger partial charge in [0.25, 0.3) is 5.91 Å². The Kier molecular flexibility index (Phi) is 6.73. The molecule has 4 nitrogen and oxygen atoms in total. The number of nitrogens with one attached hydrogen (secondary N) is 2. The Morgan fingerprint density at radius 1 is 1.17 bits per heavy atom. The summed E-state index contributed by atoms with van der Waals surface area (Å²) in [7, 11) is 0. The summed E-state index contributed by atoms with van der Waals surface area (Å²) in [6.07, 6.45) is 0.842. The first-order chi connectivity index (χ1) is 11.1. The van der Waals surface area contributed by atoms with Gasteiger partial charge in [-0.25, -0.2) is 4.39 Å². The van der Waals surface area contributed by atoms with Crippen LogP contribution in [0.3, 0.4) is 0 Å². The largest absolute Gasteiger partial charge is 0.356 e. The van der Waals surface area contributed by atoms with E-state index in [1.807, 2.05) is 5.38 Å². The van der Waals surface area contributed by atoms with Gasteiger partial charge in [-0.1, -0.05) is 6.07 Å². The maximum Gasteiger partial charge on any atom is 0.252 e. The lowest BCUT2D eigenvalue weighted by Gasteiger charge is -2.07. The Labute approximate surface area is 146 Å². The van der Waals surface area contributed by atoms with E-state index in [0.29, 0.717) is 29.5 Å². The fourth-order valence-electron chi connectivity index (χ4n) is 1.92. The van der Waals surface area contributed by atoms with Crippen LogP contribution >= 0.6 is 27.3 Å². The average molecular weight is 399 g/mol. The number of carbonyl (C=O) groups excluding carboxylic acids is 2. The quantitative estimate of drug-likeness (QED) is 0.752. The Morgan fingerprint density at radius 3 is 2.70 bits per heavy atom. The molecule has 0 unspecified atom stereocenters. The SMILES string of the molecule is O=C(CCNC(=O)c1ccsc1)NCCc1ccc(F)c(Br)c1. The molecule has 1 aromatic heterocycles. The standard InChI is InChI=1S/C16H16BrFN2O2S/c17-13-9-11(1-2-14(13)18)3-6-19-15(21)4-7-20-16(22)12-5-8-23-10-12/h1-2,5,8-10H,3-4,6-7H2,(H,19,21)(H,20,22). The van der Waals surface area contributed by atoms with Gasteiger partial charge in [0, 0.05) is 30.5 Å². The van der Waals surface area contributed by atoms with Crippen LogP contribution in [0.5, 0.6) is 0 Å². The second kappa shape index (κ2) is 8.79. The minimum absolute atomic E-state index is 0.128. The average Bonchev–Trinajstić information content (AvgIpc) is 3.05. The zero-order chi connectivity index (χ0) is 16.7. The minimum atomic E-state index is -0.306. The molecule has 2 N–H and O–H groups in total. The van der Waals surface area contributed by atoms with E-state index < -0.39 is 0 Å². The molecule has 0 atom stereocenters. The summed E-state index contributed by atoms with van der Waals surface area (Å²) >= 11 is 4.58. The van der Waals surface area contributed by atoms with Gasteiger partial charge in [0.05, 0.1) is 4.47 Å². The Balaban J connectivity index is 1.63. The van der Waals surface area contributed by atoms with Crippen molar-refractivity contribution in [2.75, 3.05) is 13.1 Å². The van der Waals surface area contributed by atoms with Crippen LogP contribution in [0, 0.1) is 5.82 Å². The Hall–Kier alpha value is -1.73. The second-order valence-electron chi connectivity index (χ2n) is 4.87. The maximum absolute atomic E-state index is 13.1. The highest BCUT2D eigenvalue weighted by atomic mass is 79.9. The van der Waals surface area contributed by atoms with Crippen molar-refractivity contribution in [3.05, 3.63) is 56.4 Å². The van der Waals surface area contributed by atoms with E-state index in [4.69, 9.17) is 0 Å². The molecule has 0 aliphatic carbocycles. The van der Waals surface area contributed by atoms with Crippen molar-refractivity contribution in [3.8, 4) is 0 Å². The van der Waals surface area contributed by atoms with Crippen molar-refractivity contribution < 1.29 is 14.0 Å². The molecule has 0 aliphatic rings. The van der Waals surface area contributed by atoms with E-state index in [9.17, 15) is 14.0 Å². The van der Waals surface area contributed by atoms with E-state index in [0.717, 1.165) is 5.56 Å². The molecule has 1 aromatic carbocycles. The van der Waals surface area contributed by atoms with E-state index >= 15 is 0 Å². The zero-order valence-electron chi connectivity index (χ0n) is 12.3. The van der Waals surface area contributed by atoms with Gasteiger partial charge in [0.2, 0.25) is 5.91 Å². The zero-order valence-corrected chi connectivity index (χ0v) is 14.7. The van der Waals surface area contributed by atoms with Crippen molar-refractivity contribution in [1.29, 1.82) is 0 Å². The highest BCUT2D eigenvalue weighted by molar-refractivity contribution is 9.10. The van der Waals surface area contributed by atoms with Crippen molar-refractivity contribution in [1.82, 2.24) is 10.6 Å². The highest BCUT2D eigenvalue weighted by Gasteiger charge is 2.07. The number of hydrogen-bond donors (Lipinski definition) is 2. The summed E-state index contributed by atoms with van der Waals surface area (Å²) < 4.78 is 13.5. The summed E-state index contributed by atoms with van der Waals surface area (Å²) in [4.78, 5) is 23.4. The predicted molar refractivity (Wildman–Crippen MR) is 92.1 cm³/mol. The molecule has 0 saturated heterocycles. The van der Waals surface area contributed by atoms with Gasteiger partial charge in [-0.05, 0) is 51.5 Å². The van der Waals surface area contributed by atoms with E-state index in [1.165, 1.54) is 17.4 Å². The number of amides is 2. The van der Waals surface area contributed by atoms with Gasteiger partial charge >= 0.3 is 0 Å². The molecule has 1 heterocycles. The monoisotopic (exact) mass is 398 g/mol. The van der Waals surface area contributed by atoms with Crippen LogP contribution in [0.25, 0.3) is 0 Å². The van der Waals surface area contributed by atoms with Crippen molar-refractivity contribution in [3.63, 3.8) is 0 Å². The van der Waals surface area contributed by atoms with Gasteiger partial charge in [-0.2, -0.15) is 11.3 Å². The molecule has 0 saturated carbocycles. The van der Waals surface area contributed by atoms with E-state index in [2.05, 4.69) is 26.6 Å². The van der Waals surface area contributed by atoms with E-state index in [1.54, 1.807) is 23.6 Å². The number of halogens is 2. The lowest BCUT2D eigenvalue weighted by atomic mass is 10.1. The predicted octanol–water partition coefficient (Wildman–Crippen LogP) is 3.13. The summed E-state index contributed by atoms with van der Waals surface area (Å²) in [6, 6.07) is 6.51. The molecule has 2 rings (SSSR count). The number of carbonyl (C=O) groups is 2. The number of benzene rings is 1. The molecular weight excluding hydrogens is 383 g/mol. The number of thiophene rings is 1. The summed E-state index contributed by atoms with van der Waals surface area (Å²) in [6.45, 7) is 0.762. The summed E-state index contributed by atoms with van der Waals surface area (Å²) in [5.74, 6) is -0.605. The van der Waals surface area contributed by atoms with Crippen LogP contribution in [0.1, 0.15) is 22.3 Å². The molecule has 0 bridgehead atoms. The molecule has 23 heavy (non-hydrogen) atoms.